The predicted octanol–water partition coefficient (Wildman–Crippen LogP) is 3.09. The minimum absolute atomic E-state index is 0.286. The van der Waals surface area contributed by atoms with Crippen molar-refractivity contribution in [2.24, 2.45) is 0 Å². The Morgan fingerprint density at radius 1 is 1.29 bits per heavy atom. The van der Waals surface area contributed by atoms with Crippen LogP contribution in [0.5, 0.6) is 0 Å². The van der Waals surface area contributed by atoms with Gasteiger partial charge in [0.15, 0.2) is 0 Å². The highest BCUT2D eigenvalue weighted by atomic mass is 16.2. The highest BCUT2D eigenvalue weighted by Gasteiger charge is 2.24. The normalized spacial score (nSPS) is 17.5. The maximum absolute atomic E-state index is 12.6. The molecule has 3 heteroatoms. The minimum atomic E-state index is 0.286. The van der Waals surface area contributed by atoms with E-state index in [4.69, 9.17) is 0 Å². The van der Waals surface area contributed by atoms with Gasteiger partial charge in [0.05, 0.1) is 0 Å². The summed E-state index contributed by atoms with van der Waals surface area (Å²) in [7, 11) is 1.97. The van der Waals surface area contributed by atoms with E-state index in [2.05, 4.69) is 43.4 Å². The van der Waals surface area contributed by atoms with Crippen molar-refractivity contribution >= 4 is 5.91 Å². The molecule has 1 atom stereocenters. The van der Waals surface area contributed by atoms with E-state index in [1.54, 1.807) is 0 Å². The molecule has 0 aliphatic carbocycles. The van der Waals surface area contributed by atoms with E-state index in [1.807, 2.05) is 11.9 Å². The molecule has 0 spiro atoms. The van der Waals surface area contributed by atoms with Crippen molar-refractivity contribution in [2.75, 3.05) is 20.1 Å². The van der Waals surface area contributed by atoms with Crippen LogP contribution in [-0.2, 0) is 4.79 Å². The van der Waals surface area contributed by atoms with Gasteiger partial charge in [0.25, 0.3) is 0 Å². The van der Waals surface area contributed by atoms with Gasteiger partial charge in [-0.2, -0.15) is 0 Å². The SMILES string of the molecule is CCC(CC(=O)N(C)C1CCNCC1)c1ccc(C)cc1. The predicted molar refractivity (Wildman–Crippen MR) is 87.5 cm³/mol. The number of hydrogen-bond donors (Lipinski definition) is 1. The molecule has 1 unspecified atom stereocenters. The highest BCUT2D eigenvalue weighted by Crippen LogP contribution is 2.25. The molecule has 0 aromatic heterocycles. The van der Waals surface area contributed by atoms with Gasteiger partial charge in [0.2, 0.25) is 5.91 Å². The van der Waals surface area contributed by atoms with Gasteiger partial charge in [-0.15, -0.1) is 0 Å². The Labute approximate surface area is 128 Å². The summed E-state index contributed by atoms with van der Waals surface area (Å²) < 4.78 is 0. The van der Waals surface area contributed by atoms with E-state index in [0.717, 1.165) is 32.4 Å². The molecule has 1 aliphatic rings. The number of benzene rings is 1. The van der Waals surface area contributed by atoms with Crippen molar-refractivity contribution in [2.45, 2.75) is 51.5 Å². The van der Waals surface area contributed by atoms with Crippen LogP contribution in [-0.4, -0.2) is 37.0 Å². The molecule has 1 aliphatic heterocycles. The topological polar surface area (TPSA) is 32.3 Å². The van der Waals surface area contributed by atoms with E-state index < -0.39 is 0 Å². The molecule has 21 heavy (non-hydrogen) atoms. The fourth-order valence-corrected chi connectivity index (χ4v) is 3.09. The standard InChI is InChI=1S/C18H28N2O/c1-4-15(16-7-5-14(2)6-8-16)13-18(21)20(3)17-9-11-19-12-10-17/h5-8,15,17,19H,4,9-13H2,1-3H3. The highest BCUT2D eigenvalue weighted by molar-refractivity contribution is 5.77. The molecule has 2 rings (SSSR count). The van der Waals surface area contributed by atoms with Crippen LogP contribution in [0.1, 0.15) is 49.7 Å². The number of carbonyl (C=O) groups excluding carboxylic acids is 1. The summed E-state index contributed by atoms with van der Waals surface area (Å²) in [5.41, 5.74) is 2.56. The molecule has 0 radical (unpaired) electrons. The Morgan fingerprint density at radius 2 is 1.90 bits per heavy atom. The first-order valence-corrected chi connectivity index (χ1v) is 8.14. The lowest BCUT2D eigenvalue weighted by molar-refractivity contribution is -0.132. The summed E-state index contributed by atoms with van der Waals surface area (Å²) in [5, 5.41) is 3.35. The number of nitrogens with zero attached hydrogens (tertiary/aromatic N) is 1. The number of rotatable bonds is 5. The lowest BCUT2D eigenvalue weighted by Crippen LogP contribution is -2.44. The average Bonchev–Trinajstić information content (AvgIpc) is 2.53. The summed E-state index contributed by atoms with van der Waals surface area (Å²) in [5.74, 6) is 0.622. The number of nitrogens with one attached hydrogen (secondary N) is 1. The third-order valence-electron chi connectivity index (χ3n) is 4.71. The Bertz CT molecular complexity index is 449. The van der Waals surface area contributed by atoms with Gasteiger partial charge in [0, 0.05) is 19.5 Å². The van der Waals surface area contributed by atoms with Gasteiger partial charge in [-0.1, -0.05) is 36.8 Å². The zero-order valence-electron chi connectivity index (χ0n) is 13.6. The summed E-state index contributed by atoms with van der Waals surface area (Å²) in [6.07, 6.45) is 3.78. The zero-order valence-corrected chi connectivity index (χ0v) is 13.6. The average molecular weight is 288 g/mol. The van der Waals surface area contributed by atoms with Gasteiger partial charge in [-0.25, -0.2) is 0 Å². The summed E-state index contributed by atoms with van der Waals surface area (Å²) in [4.78, 5) is 14.5. The third kappa shape index (κ3) is 4.31. The first-order chi connectivity index (χ1) is 10.1. The third-order valence-corrected chi connectivity index (χ3v) is 4.71. The molecular formula is C18H28N2O. The summed E-state index contributed by atoms with van der Waals surface area (Å²) >= 11 is 0. The van der Waals surface area contributed by atoms with E-state index in [1.165, 1.54) is 11.1 Å². The largest absolute Gasteiger partial charge is 0.343 e. The van der Waals surface area contributed by atoms with Crippen LogP contribution >= 0.6 is 0 Å². The number of carbonyl (C=O) groups is 1. The fraction of sp³-hybridized carbons (Fsp3) is 0.611. The van der Waals surface area contributed by atoms with Crippen molar-refractivity contribution in [3.8, 4) is 0 Å². The number of aryl methyl sites for hydroxylation is 1. The molecule has 1 heterocycles. The zero-order chi connectivity index (χ0) is 15.2. The van der Waals surface area contributed by atoms with Crippen LogP contribution in [0.3, 0.4) is 0 Å². The maximum atomic E-state index is 12.6. The first-order valence-electron chi connectivity index (χ1n) is 8.14. The van der Waals surface area contributed by atoms with Crippen LogP contribution in [0, 0.1) is 6.92 Å². The van der Waals surface area contributed by atoms with Crippen molar-refractivity contribution in [1.29, 1.82) is 0 Å². The molecule has 1 amide bonds. The van der Waals surface area contributed by atoms with Crippen LogP contribution in [0.4, 0.5) is 0 Å². The molecule has 1 aromatic rings. The molecular weight excluding hydrogens is 260 g/mol. The Balaban J connectivity index is 1.97. The summed E-state index contributed by atoms with van der Waals surface area (Å²) in [6, 6.07) is 9.02. The van der Waals surface area contributed by atoms with Gasteiger partial charge < -0.3 is 10.2 Å². The van der Waals surface area contributed by atoms with Gasteiger partial charge in [-0.3, -0.25) is 4.79 Å². The van der Waals surface area contributed by atoms with Crippen LogP contribution in [0.25, 0.3) is 0 Å². The van der Waals surface area contributed by atoms with E-state index in [-0.39, 0.29) is 5.91 Å². The Morgan fingerprint density at radius 3 is 2.48 bits per heavy atom. The second-order valence-electron chi connectivity index (χ2n) is 6.21. The molecule has 1 N–H and O–H groups in total. The van der Waals surface area contributed by atoms with E-state index >= 15 is 0 Å². The van der Waals surface area contributed by atoms with Crippen LogP contribution in [0.15, 0.2) is 24.3 Å². The van der Waals surface area contributed by atoms with Crippen molar-refractivity contribution in [3.05, 3.63) is 35.4 Å². The monoisotopic (exact) mass is 288 g/mol. The number of hydrogen-bond acceptors (Lipinski definition) is 2. The molecule has 3 nitrogen and oxygen atoms in total. The van der Waals surface area contributed by atoms with Gasteiger partial charge in [0.1, 0.15) is 0 Å². The minimum Gasteiger partial charge on any atom is -0.343 e. The fourth-order valence-electron chi connectivity index (χ4n) is 3.09. The Kier molecular flexibility index (Phi) is 5.80. The molecule has 1 fully saturated rings. The molecule has 1 aromatic carbocycles. The van der Waals surface area contributed by atoms with Crippen LogP contribution < -0.4 is 5.32 Å². The van der Waals surface area contributed by atoms with Crippen molar-refractivity contribution < 1.29 is 4.79 Å². The molecule has 1 saturated heterocycles. The van der Waals surface area contributed by atoms with Gasteiger partial charge in [-0.05, 0) is 50.8 Å². The second kappa shape index (κ2) is 7.60. The van der Waals surface area contributed by atoms with E-state index in [9.17, 15) is 4.79 Å². The second-order valence-corrected chi connectivity index (χ2v) is 6.21. The first kappa shape index (κ1) is 16.0. The van der Waals surface area contributed by atoms with Gasteiger partial charge >= 0.3 is 0 Å². The lowest BCUT2D eigenvalue weighted by Gasteiger charge is -2.32. The lowest BCUT2D eigenvalue weighted by atomic mass is 9.91. The number of piperidine rings is 1. The van der Waals surface area contributed by atoms with Crippen molar-refractivity contribution in [1.82, 2.24) is 10.2 Å². The molecule has 0 saturated carbocycles. The maximum Gasteiger partial charge on any atom is 0.223 e. The molecule has 116 valence electrons. The van der Waals surface area contributed by atoms with Crippen LogP contribution in [0.2, 0.25) is 0 Å². The Hall–Kier alpha value is -1.35. The quantitative estimate of drug-likeness (QED) is 0.903. The van der Waals surface area contributed by atoms with E-state index in [0.29, 0.717) is 18.4 Å². The molecule has 0 bridgehead atoms. The van der Waals surface area contributed by atoms with Crippen molar-refractivity contribution in [3.63, 3.8) is 0 Å². The number of amides is 1. The smallest absolute Gasteiger partial charge is 0.223 e. The summed E-state index contributed by atoms with van der Waals surface area (Å²) in [6.45, 7) is 6.32.